The van der Waals surface area contributed by atoms with Gasteiger partial charge >= 0.3 is 0 Å². The molecule has 0 radical (unpaired) electrons. The number of halogens is 1. The van der Waals surface area contributed by atoms with E-state index in [9.17, 15) is 4.39 Å². The molecule has 16 heavy (non-hydrogen) atoms. The Labute approximate surface area is 95.9 Å². The van der Waals surface area contributed by atoms with Crippen molar-refractivity contribution in [2.45, 2.75) is 19.4 Å². The second-order valence-electron chi connectivity index (χ2n) is 4.08. The fourth-order valence-electron chi connectivity index (χ4n) is 1.95. The largest absolute Gasteiger partial charge is 0.370 e. The van der Waals surface area contributed by atoms with Gasteiger partial charge in [-0.15, -0.1) is 0 Å². The molecule has 1 nitrogen and oxygen atoms in total. The van der Waals surface area contributed by atoms with Gasteiger partial charge in [0, 0.05) is 13.2 Å². The number of hydrogen-bond donors (Lipinski definition) is 0. The summed E-state index contributed by atoms with van der Waals surface area (Å²) in [6.07, 6.45) is 7.49. The number of hydrogen-bond acceptors (Lipinski definition) is 1. The normalized spacial score (nSPS) is 19.8. The maximum absolute atomic E-state index is 12.8. The van der Waals surface area contributed by atoms with Crippen molar-refractivity contribution in [1.82, 2.24) is 4.90 Å². The molecular formula is C14H16FN. The van der Waals surface area contributed by atoms with Crippen LogP contribution in [-0.4, -0.2) is 11.9 Å². The average Bonchev–Trinajstić information content (AvgIpc) is 2.30. The van der Waals surface area contributed by atoms with E-state index in [4.69, 9.17) is 0 Å². The molecule has 0 aromatic heterocycles. The minimum atomic E-state index is -0.184. The third-order valence-corrected chi connectivity index (χ3v) is 2.92. The highest BCUT2D eigenvalue weighted by molar-refractivity contribution is 5.31. The number of benzene rings is 1. The van der Waals surface area contributed by atoms with Gasteiger partial charge in [0.05, 0.1) is 6.04 Å². The van der Waals surface area contributed by atoms with Crippen LogP contribution in [-0.2, 0) is 0 Å². The predicted molar refractivity (Wildman–Crippen MR) is 64.4 cm³/mol. The zero-order chi connectivity index (χ0) is 11.5. The molecule has 0 spiro atoms. The van der Waals surface area contributed by atoms with Gasteiger partial charge in [0.1, 0.15) is 5.82 Å². The van der Waals surface area contributed by atoms with Crippen LogP contribution in [0.5, 0.6) is 0 Å². The second-order valence-corrected chi connectivity index (χ2v) is 4.08. The molecule has 0 amide bonds. The molecule has 1 unspecified atom stereocenters. The lowest BCUT2D eigenvalue weighted by atomic mass is 10.0. The zero-order valence-electron chi connectivity index (χ0n) is 9.65. The number of allylic oxidation sites excluding steroid dienone is 2. The fraction of sp³-hybridized carbons (Fsp3) is 0.286. The Kier molecular flexibility index (Phi) is 3.09. The molecule has 0 fully saturated rings. The van der Waals surface area contributed by atoms with E-state index in [1.807, 2.05) is 19.2 Å². The highest BCUT2D eigenvalue weighted by Crippen LogP contribution is 2.26. The summed E-state index contributed by atoms with van der Waals surface area (Å²) in [5.41, 5.74) is 2.44. The molecule has 1 atom stereocenters. The van der Waals surface area contributed by atoms with Gasteiger partial charge in [-0.25, -0.2) is 4.39 Å². The molecule has 1 aromatic carbocycles. The molecule has 1 aromatic rings. The van der Waals surface area contributed by atoms with Gasteiger partial charge in [-0.2, -0.15) is 0 Å². The van der Waals surface area contributed by atoms with E-state index in [0.29, 0.717) is 0 Å². The molecular weight excluding hydrogens is 201 g/mol. The monoisotopic (exact) mass is 217 g/mol. The van der Waals surface area contributed by atoms with Gasteiger partial charge < -0.3 is 4.90 Å². The van der Waals surface area contributed by atoms with Gasteiger partial charge in [0.2, 0.25) is 0 Å². The van der Waals surface area contributed by atoms with Crippen molar-refractivity contribution < 1.29 is 4.39 Å². The summed E-state index contributed by atoms with van der Waals surface area (Å²) < 4.78 is 12.8. The Morgan fingerprint density at radius 2 is 1.94 bits per heavy atom. The molecule has 0 saturated carbocycles. The average molecular weight is 217 g/mol. The minimum absolute atomic E-state index is 0.184. The van der Waals surface area contributed by atoms with Crippen LogP contribution < -0.4 is 0 Å². The lowest BCUT2D eigenvalue weighted by molar-refractivity contribution is 0.385. The SMILES string of the molecule is CCC1=CN(C)C(c2ccc(F)cc2)C=C1. The minimum Gasteiger partial charge on any atom is -0.370 e. The maximum Gasteiger partial charge on any atom is 0.123 e. The van der Waals surface area contributed by atoms with Crippen molar-refractivity contribution in [2.24, 2.45) is 0 Å². The van der Waals surface area contributed by atoms with Crippen LogP contribution in [0.3, 0.4) is 0 Å². The summed E-state index contributed by atoms with van der Waals surface area (Å²) in [6.45, 7) is 2.14. The number of nitrogens with zero attached hydrogens (tertiary/aromatic N) is 1. The topological polar surface area (TPSA) is 3.24 Å². The molecule has 0 bridgehead atoms. The Morgan fingerprint density at radius 1 is 1.25 bits per heavy atom. The first-order valence-electron chi connectivity index (χ1n) is 5.57. The van der Waals surface area contributed by atoms with E-state index in [1.165, 1.54) is 17.7 Å². The molecule has 0 N–H and O–H groups in total. The van der Waals surface area contributed by atoms with E-state index in [2.05, 4.69) is 30.2 Å². The zero-order valence-corrected chi connectivity index (χ0v) is 9.65. The Bertz CT molecular complexity index is 417. The van der Waals surface area contributed by atoms with E-state index in [-0.39, 0.29) is 11.9 Å². The lowest BCUT2D eigenvalue weighted by Crippen LogP contribution is -2.20. The predicted octanol–water partition coefficient (Wildman–Crippen LogP) is 3.66. The Hall–Kier alpha value is -1.57. The molecule has 2 heteroatoms. The summed E-state index contributed by atoms with van der Waals surface area (Å²) in [6, 6.07) is 6.92. The van der Waals surface area contributed by atoms with Gasteiger partial charge in [0.15, 0.2) is 0 Å². The number of likely N-dealkylation sites (N-methyl/N-ethyl adjacent to an activating group) is 1. The van der Waals surface area contributed by atoms with Crippen LogP contribution in [0.15, 0.2) is 48.2 Å². The summed E-state index contributed by atoms with van der Waals surface area (Å²) in [5, 5.41) is 0. The van der Waals surface area contributed by atoms with Crippen molar-refractivity contribution in [2.75, 3.05) is 7.05 Å². The quantitative estimate of drug-likeness (QED) is 0.730. The van der Waals surface area contributed by atoms with E-state index in [1.54, 1.807) is 0 Å². The second kappa shape index (κ2) is 4.52. The van der Waals surface area contributed by atoms with E-state index >= 15 is 0 Å². The maximum atomic E-state index is 12.8. The standard InChI is InChI=1S/C14H16FN/c1-3-11-4-9-14(16(2)10-11)12-5-7-13(15)8-6-12/h4-10,14H,3H2,1-2H3. The van der Waals surface area contributed by atoms with Gasteiger partial charge in [-0.3, -0.25) is 0 Å². The fourth-order valence-corrected chi connectivity index (χ4v) is 1.95. The van der Waals surface area contributed by atoms with Crippen LogP contribution >= 0.6 is 0 Å². The molecule has 1 heterocycles. The van der Waals surface area contributed by atoms with Crippen LogP contribution in [0.25, 0.3) is 0 Å². The Balaban J connectivity index is 2.22. The van der Waals surface area contributed by atoms with Crippen molar-refractivity contribution >= 4 is 0 Å². The molecule has 1 aliphatic rings. The first-order valence-corrected chi connectivity index (χ1v) is 5.57. The van der Waals surface area contributed by atoms with E-state index < -0.39 is 0 Å². The molecule has 1 aliphatic heterocycles. The van der Waals surface area contributed by atoms with Crippen LogP contribution in [0.1, 0.15) is 24.9 Å². The van der Waals surface area contributed by atoms with Crippen LogP contribution in [0.2, 0.25) is 0 Å². The van der Waals surface area contributed by atoms with Crippen molar-refractivity contribution in [1.29, 1.82) is 0 Å². The summed E-state index contributed by atoms with van der Waals surface area (Å²) >= 11 is 0. The number of rotatable bonds is 2. The Morgan fingerprint density at radius 3 is 2.50 bits per heavy atom. The van der Waals surface area contributed by atoms with Crippen molar-refractivity contribution in [3.05, 3.63) is 59.6 Å². The van der Waals surface area contributed by atoms with Crippen LogP contribution in [0, 0.1) is 5.82 Å². The highest BCUT2D eigenvalue weighted by Gasteiger charge is 2.14. The van der Waals surface area contributed by atoms with Crippen molar-refractivity contribution in [3.63, 3.8) is 0 Å². The molecule has 0 aliphatic carbocycles. The summed E-state index contributed by atoms with van der Waals surface area (Å²) in [4.78, 5) is 2.16. The van der Waals surface area contributed by atoms with Gasteiger partial charge in [-0.1, -0.05) is 31.2 Å². The molecule has 0 saturated heterocycles. The van der Waals surface area contributed by atoms with E-state index in [0.717, 1.165) is 12.0 Å². The summed E-state index contributed by atoms with van der Waals surface area (Å²) in [7, 11) is 2.05. The van der Waals surface area contributed by atoms with Crippen molar-refractivity contribution in [3.8, 4) is 0 Å². The smallest absolute Gasteiger partial charge is 0.123 e. The first-order chi connectivity index (χ1) is 7.70. The third-order valence-electron chi connectivity index (χ3n) is 2.92. The van der Waals surface area contributed by atoms with Gasteiger partial charge in [-0.05, 0) is 29.7 Å². The third kappa shape index (κ3) is 2.16. The molecule has 84 valence electrons. The van der Waals surface area contributed by atoms with Gasteiger partial charge in [0.25, 0.3) is 0 Å². The lowest BCUT2D eigenvalue weighted by Gasteiger charge is -2.28. The molecule has 2 rings (SSSR count). The highest BCUT2D eigenvalue weighted by atomic mass is 19.1. The first kappa shape index (κ1) is 10.9. The summed E-state index contributed by atoms with van der Waals surface area (Å²) in [5.74, 6) is -0.184. The van der Waals surface area contributed by atoms with Crippen LogP contribution in [0.4, 0.5) is 4.39 Å².